The summed E-state index contributed by atoms with van der Waals surface area (Å²) in [6.45, 7) is 3.59. The predicted molar refractivity (Wildman–Crippen MR) is 76.1 cm³/mol. The molecule has 0 spiro atoms. The number of rotatable bonds is 6. The topological polar surface area (TPSA) is 42.2 Å². The van der Waals surface area contributed by atoms with Gasteiger partial charge in [0, 0.05) is 27.7 Å². The number of hydrogen-bond donors (Lipinski definition) is 1. The lowest BCUT2D eigenvalue weighted by molar-refractivity contribution is 0.509. The van der Waals surface area contributed by atoms with E-state index in [1.807, 2.05) is 31.2 Å². The summed E-state index contributed by atoms with van der Waals surface area (Å²) >= 11 is 0. The van der Waals surface area contributed by atoms with Crippen LogP contribution in [0.2, 0.25) is 0 Å². The zero-order valence-corrected chi connectivity index (χ0v) is 11.6. The van der Waals surface area contributed by atoms with Gasteiger partial charge in [-0.1, -0.05) is 25.1 Å². The highest BCUT2D eigenvalue weighted by Crippen LogP contribution is 2.18. The van der Waals surface area contributed by atoms with Gasteiger partial charge in [-0.2, -0.15) is 0 Å². The molecule has 18 heavy (non-hydrogen) atoms. The normalized spacial score (nSPS) is 14.8. The van der Waals surface area contributed by atoms with Gasteiger partial charge < -0.3 is 9.73 Å². The van der Waals surface area contributed by atoms with Crippen molar-refractivity contribution in [2.75, 3.05) is 12.8 Å². The smallest absolute Gasteiger partial charge is 0.134 e. The fraction of sp³-hybridized carbons (Fsp3) is 0.429. The van der Waals surface area contributed by atoms with Crippen LogP contribution in [-0.2, 0) is 17.3 Å². The van der Waals surface area contributed by atoms with E-state index in [0.29, 0.717) is 0 Å². The van der Waals surface area contributed by atoms with Crippen LogP contribution in [0.4, 0.5) is 0 Å². The maximum absolute atomic E-state index is 11.2. The van der Waals surface area contributed by atoms with Crippen molar-refractivity contribution in [3.05, 3.63) is 36.1 Å². The number of furan rings is 1. The van der Waals surface area contributed by atoms with E-state index in [1.54, 1.807) is 6.26 Å². The van der Waals surface area contributed by atoms with Crippen LogP contribution in [-0.4, -0.2) is 22.3 Å². The van der Waals surface area contributed by atoms with Crippen molar-refractivity contribution in [3.8, 4) is 0 Å². The van der Waals surface area contributed by atoms with Gasteiger partial charge in [0.15, 0.2) is 0 Å². The number of fused-ring (bicyclic) bond motifs is 1. The summed E-state index contributed by atoms with van der Waals surface area (Å²) in [5.74, 6) is 0.946. The lowest BCUT2D eigenvalue weighted by Crippen LogP contribution is -2.20. The minimum absolute atomic E-state index is 0.244. The summed E-state index contributed by atoms with van der Waals surface area (Å²) in [5, 5.41) is 4.70. The molecule has 0 aliphatic carbocycles. The number of para-hydroxylation sites is 1. The lowest BCUT2D eigenvalue weighted by Gasteiger charge is -2.07. The standard InChI is InChI=1S/C14H19NO2S/c1-11(18(2)16)7-8-15-10-13-9-12-5-3-4-6-14(12)17-13/h3-6,9,11,15H,7-8,10H2,1-2H3. The van der Waals surface area contributed by atoms with E-state index in [0.717, 1.165) is 36.2 Å². The van der Waals surface area contributed by atoms with Crippen LogP contribution in [0, 0.1) is 0 Å². The van der Waals surface area contributed by atoms with Crippen molar-refractivity contribution in [1.29, 1.82) is 0 Å². The number of benzene rings is 1. The molecule has 0 saturated heterocycles. The summed E-state index contributed by atoms with van der Waals surface area (Å²) in [6, 6.07) is 10.1. The molecule has 0 amide bonds. The summed E-state index contributed by atoms with van der Waals surface area (Å²) in [5.41, 5.74) is 0.928. The van der Waals surface area contributed by atoms with Gasteiger partial charge in [-0.3, -0.25) is 4.21 Å². The van der Waals surface area contributed by atoms with Crippen molar-refractivity contribution in [2.45, 2.75) is 25.1 Å². The van der Waals surface area contributed by atoms with Crippen molar-refractivity contribution in [2.24, 2.45) is 0 Å². The molecular formula is C14H19NO2S. The van der Waals surface area contributed by atoms with Gasteiger partial charge >= 0.3 is 0 Å². The molecule has 0 radical (unpaired) electrons. The predicted octanol–water partition coefficient (Wildman–Crippen LogP) is 2.68. The SMILES string of the molecule is CC(CCNCc1cc2ccccc2o1)S(C)=O. The molecule has 0 fully saturated rings. The van der Waals surface area contributed by atoms with Crippen LogP contribution in [0.1, 0.15) is 19.1 Å². The Labute approximate surface area is 110 Å². The molecule has 4 heteroatoms. The molecule has 2 rings (SSSR count). The van der Waals surface area contributed by atoms with E-state index in [-0.39, 0.29) is 5.25 Å². The molecule has 0 bridgehead atoms. The highest BCUT2D eigenvalue weighted by Gasteiger charge is 2.06. The Balaban J connectivity index is 1.81. The van der Waals surface area contributed by atoms with Gasteiger partial charge in [-0.15, -0.1) is 0 Å². The van der Waals surface area contributed by atoms with Gasteiger partial charge in [0.1, 0.15) is 11.3 Å². The highest BCUT2D eigenvalue weighted by atomic mass is 32.2. The zero-order valence-electron chi connectivity index (χ0n) is 10.8. The maximum Gasteiger partial charge on any atom is 0.134 e. The molecule has 0 saturated carbocycles. The van der Waals surface area contributed by atoms with E-state index in [2.05, 4.69) is 11.4 Å². The average Bonchev–Trinajstić information content (AvgIpc) is 2.76. The molecule has 2 atom stereocenters. The first-order chi connectivity index (χ1) is 8.66. The third-order valence-electron chi connectivity index (χ3n) is 3.07. The lowest BCUT2D eigenvalue weighted by atomic mass is 10.2. The second kappa shape index (κ2) is 6.16. The molecule has 98 valence electrons. The summed E-state index contributed by atoms with van der Waals surface area (Å²) in [6.07, 6.45) is 2.67. The Bertz CT molecular complexity index is 502. The molecule has 2 unspecified atom stereocenters. The van der Waals surface area contributed by atoms with E-state index in [9.17, 15) is 4.21 Å². The maximum atomic E-state index is 11.2. The van der Waals surface area contributed by atoms with Crippen molar-refractivity contribution in [3.63, 3.8) is 0 Å². The molecule has 3 nitrogen and oxygen atoms in total. The zero-order chi connectivity index (χ0) is 13.0. The van der Waals surface area contributed by atoms with Crippen LogP contribution in [0.15, 0.2) is 34.7 Å². The minimum Gasteiger partial charge on any atom is -0.460 e. The Hall–Kier alpha value is -1.13. The average molecular weight is 265 g/mol. The van der Waals surface area contributed by atoms with Crippen LogP contribution < -0.4 is 5.32 Å². The fourth-order valence-electron chi connectivity index (χ4n) is 1.81. The first kappa shape index (κ1) is 13.3. The molecular weight excluding hydrogens is 246 g/mol. The van der Waals surface area contributed by atoms with Crippen molar-refractivity contribution in [1.82, 2.24) is 5.32 Å². The first-order valence-corrected chi connectivity index (χ1v) is 7.79. The third-order valence-corrected chi connectivity index (χ3v) is 4.44. The largest absolute Gasteiger partial charge is 0.460 e. The van der Waals surface area contributed by atoms with E-state index in [4.69, 9.17) is 4.42 Å². The Morgan fingerprint density at radius 1 is 1.39 bits per heavy atom. The molecule has 1 aromatic carbocycles. The summed E-state index contributed by atoms with van der Waals surface area (Å²) in [4.78, 5) is 0. The molecule has 1 heterocycles. The van der Waals surface area contributed by atoms with Gasteiger partial charge in [-0.05, 0) is 25.1 Å². The molecule has 0 aliphatic heterocycles. The van der Waals surface area contributed by atoms with E-state index >= 15 is 0 Å². The van der Waals surface area contributed by atoms with E-state index in [1.165, 1.54) is 0 Å². The van der Waals surface area contributed by atoms with Gasteiger partial charge in [0.2, 0.25) is 0 Å². The van der Waals surface area contributed by atoms with Crippen LogP contribution >= 0.6 is 0 Å². The second-order valence-electron chi connectivity index (χ2n) is 4.53. The van der Waals surface area contributed by atoms with Gasteiger partial charge in [-0.25, -0.2) is 0 Å². The summed E-state index contributed by atoms with van der Waals surface area (Å²) < 4.78 is 16.9. The van der Waals surface area contributed by atoms with E-state index < -0.39 is 10.8 Å². The van der Waals surface area contributed by atoms with Gasteiger partial charge in [0.25, 0.3) is 0 Å². The number of nitrogens with one attached hydrogen (secondary N) is 1. The Morgan fingerprint density at radius 3 is 2.89 bits per heavy atom. The fourth-order valence-corrected chi connectivity index (χ4v) is 2.26. The van der Waals surface area contributed by atoms with Crippen LogP contribution in [0.5, 0.6) is 0 Å². The van der Waals surface area contributed by atoms with Crippen molar-refractivity contribution >= 4 is 21.8 Å². The molecule has 1 aromatic heterocycles. The Kier molecular flexibility index (Phi) is 4.55. The van der Waals surface area contributed by atoms with Crippen LogP contribution in [0.3, 0.4) is 0 Å². The summed E-state index contributed by atoms with van der Waals surface area (Å²) in [7, 11) is -0.734. The molecule has 0 aliphatic rings. The number of hydrogen-bond acceptors (Lipinski definition) is 3. The first-order valence-electron chi connectivity index (χ1n) is 6.17. The Morgan fingerprint density at radius 2 is 2.17 bits per heavy atom. The monoisotopic (exact) mass is 265 g/mol. The molecule has 1 N–H and O–H groups in total. The van der Waals surface area contributed by atoms with Crippen LogP contribution in [0.25, 0.3) is 11.0 Å². The third kappa shape index (κ3) is 3.43. The minimum atomic E-state index is -0.734. The highest BCUT2D eigenvalue weighted by molar-refractivity contribution is 7.84. The van der Waals surface area contributed by atoms with Gasteiger partial charge in [0.05, 0.1) is 6.54 Å². The second-order valence-corrected chi connectivity index (χ2v) is 6.33. The van der Waals surface area contributed by atoms with Crippen molar-refractivity contribution < 1.29 is 8.63 Å². The molecule has 2 aromatic rings. The quantitative estimate of drug-likeness (QED) is 0.817.